The fourth-order valence-electron chi connectivity index (χ4n) is 5.68. The molecule has 44 heavy (non-hydrogen) atoms. The molecule has 1 aliphatic carbocycles. The molecule has 1 unspecified atom stereocenters. The van der Waals surface area contributed by atoms with Crippen LogP contribution in [0.15, 0.2) is 109 Å². The molecule has 4 aromatic rings. The van der Waals surface area contributed by atoms with E-state index in [0.29, 0.717) is 18.5 Å². The summed E-state index contributed by atoms with van der Waals surface area (Å²) in [5.41, 5.74) is 8.14. The number of amides is 2. The first-order chi connectivity index (χ1) is 21.5. The number of carbonyl (C=O) groups excluding carboxylic acids is 2. The van der Waals surface area contributed by atoms with E-state index in [1.807, 2.05) is 48.5 Å². The molecule has 0 aliphatic heterocycles. The number of hydrogen-bond donors (Lipinski definition) is 3. The molecule has 6 nitrogen and oxygen atoms in total. The maximum atomic E-state index is 13.9. The Bertz CT molecular complexity index is 1610. The maximum Gasteiger partial charge on any atom is 0.305 e. The molecule has 6 heteroatoms. The number of allylic oxidation sites excluding steroid dienone is 2. The van der Waals surface area contributed by atoms with Crippen molar-refractivity contribution in [1.29, 1.82) is 0 Å². The van der Waals surface area contributed by atoms with Crippen molar-refractivity contribution in [1.82, 2.24) is 10.6 Å². The summed E-state index contributed by atoms with van der Waals surface area (Å²) in [6.45, 7) is 0.472. The smallest absolute Gasteiger partial charge is 0.305 e. The molecular formula is C38H38N2O4. The number of carboxylic acids is 1. The Kier molecular flexibility index (Phi) is 10.4. The second kappa shape index (κ2) is 15.0. The van der Waals surface area contributed by atoms with Gasteiger partial charge in [0.15, 0.2) is 0 Å². The minimum absolute atomic E-state index is 0.0620. The molecule has 2 amide bonds. The van der Waals surface area contributed by atoms with Crippen LogP contribution in [0.2, 0.25) is 0 Å². The van der Waals surface area contributed by atoms with Crippen molar-refractivity contribution in [2.45, 2.75) is 51.0 Å². The summed E-state index contributed by atoms with van der Waals surface area (Å²) in [5, 5.41) is 14.7. The van der Waals surface area contributed by atoms with E-state index in [-0.39, 0.29) is 24.8 Å². The van der Waals surface area contributed by atoms with Crippen LogP contribution in [0.1, 0.15) is 70.6 Å². The number of carbonyl (C=O) groups is 3. The zero-order chi connectivity index (χ0) is 30.7. The van der Waals surface area contributed by atoms with E-state index in [2.05, 4.69) is 59.2 Å². The number of rotatable bonds is 12. The van der Waals surface area contributed by atoms with Crippen molar-refractivity contribution in [3.05, 3.63) is 137 Å². The lowest BCUT2D eigenvalue weighted by molar-refractivity contribution is -0.136. The fraction of sp³-hybridized carbons (Fsp3) is 0.237. The SMILES string of the molecule is O=C(O)CCNC(=O)c1ccc(CC(C(=O)NCc2ccccc2-c2ccccc2)c2ccc(C3=CCCCC3)cc2)cc1. The van der Waals surface area contributed by atoms with Gasteiger partial charge >= 0.3 is 5.97 Å². The molecule has 1 aliphatic rings. The molecule has 0 bridgehead atoms. The highest BCUT2D eigenvalue weighted by molar-refractivity contribution is 5.94. The molecule has 0 saturated carbocycles. The molecule has 0 spiro atoms. The number of nitrogens with one attached hydrogen (secondary N) is 2. The zero-order valence-corrected chi connectivity index (χ0v) is 24.8. The number of aliphatic carboxylic acids is 1. The summed E-state index contributed by atoms with van der Waals surface area (Å²) in [4.78, 5) is 37.1. The van der Waals surface area contributed by atoms with E-state index in [1.165, 1.54) is 24.0 Å². The average Bonchev–Trinajstić information content (AvgIpc) is 3.07. The van der Waals surface area contributed by atoms with Gasteiger partial charge in [0.05, 0.1) is 12.3 Å². The van der Waals surface area contributed by atoms with Crippen LogP contribution in [0.3, 0.4) is 0 Å². The third kappa shape index (κ3) is 8.10. The van der Waals surface area contributed by atoms with Crippen LogP contribution in [0.4, 0.5) is 0 Å². The second-order valence-electron chi connectivity index (χ2n) is 11.2. The Morgan fingerprint density at radius 2 is 1.48 bits per heavy atom. The van der Waals surface area contributed by atoms with Gasteiger partial charge in [-0.15, -0.1) is 0 Å². The molecule has 1 atom stereocenters. The van der Waals surface area contributed by atoms with Crippen molar-refractivity contribution in [3.63, 3.8) is 0 Å². The summed E-state index contributed by atoms with van der Waals surface area (Å²) < 4.78 is 0. The highest BCUT2D eigenvalue weighted by Crippen LogP contribution is 2.30. The number of benzene rings is 4. The van der Waals surface area contributed by atoms with E-state index >= 15 is 0 Å². The van der Waals surface area contributed by atoms with Crippen molar-refractivity contribution >= 4 is 23.4 Å². The lowest BCUT2D eigenvalue weighted by Gasteiger charge is -2.20. The molecule has 4 aromatic carbocycles. The Morgan fingerprint density at radius 1 is 0.750 bits per heavy atom. The summed E-state index contributed by atoms with van der Waals surface area (Å²) >= 11 is 0. The standard InChI is InChI=1S/C38H38N2O4/c41-36(42)23-24-39-37(43)32-17-15-27(16-18-32)25-35(31-21-19-29(20-22-31)28-9-3-1-4-10-28)38(44)40-26-33-13-7-8-14-34(33)30-11-5-2-6-12-30/h2,5-9,11-22,35H,1,3-4,10,23-26H2,(H,39,43)(H,40,44)(H,41,42). The molecule has 0 radical (unpaired) electrons. The minimum atomic E-state index is -0.961. The van der Waals surface area contributed by atoms with Crippen LogP contribution in [-0.4, -0.2) is 29.4 Å². The second-order valence-corrected chi connectivity index (χ2v) is 11.2. The minimum Gasteiger partial charge on any atom is -0.481 e. The van der Waals surface area contributed by atoms with Crippen LogP contribution >= 0.6 is 0 Å². The molecule has 0 aromatic heterocycles. The van der Waals surface area contributed by atoms with E-state index < -0.39 is 11.9 Å². The largest absolute Gasteiger partial charge is 0.481 e. The van der Waals surface area contributed by atoms with Crippen LogP contribution in [0.5, 0.6) is 0 Å². The van der Waals surface area contributed by atoms with Gasteiger partial charge in [0, 0.05) is 18.7 Å². The molecule has 0 heterocycles. The summed E-state index contributed by atoms with van der Waals surface area (Å²) in [6, 6.07) is 33.8. The predicted octanol–water partition coefficient (Wildman–Crippen LogP) is 7.16. The third-order valence-corrected chi connectivity index (χ3v) is 8.13. The molecular weight excluding hydrogens is 548 g/mol. The van der Waals surface area contributed by atoms with Crippen molar-refractivity contribution in [2.24, 2.45) is 0 Å². The van der Waals surface area contributed by atoms with Gasteiger partial charge in [-0.1, -0.05) is 97.1 Å². The summed E-state index contributed by atoms with van der Waals surface area (Å²) in [5.74, 6) is -1.77. The van der Waals surface area contributed by atoms with Gasteiger partial charge < -0.3 is 15.7 Å². The van der Waals surface area contributed by atoms with E-state index in [0.717, 1.165) is 40.7 Å². The monoisotopic (exact) mass is 586 g/mol. The van der Waals surface area contributed by atoms with E-state index in [9.17, 15) is 14.4 Å². The first kappa shape index (κ1) is 30.5. The van der Waals surface area contributed by atoms with Gasteiger partial charge in [0.25, 0.3) is 5.91 Å². The normalized spacial score (nSPS) is 13.4. The van der Waals surface area contributed by atoms with Gasteiger partial charge in [-0.25, -0.2) is 0 Å². The predicted molar refractivity (Wildman–Crippen MR) is 174 cm³/mol. The fourth-order valence-corrected chi connectivity index (χ4v) is 5.68. The first-order valence-corrected chi connectivity index (χ1v) is 15.3. The third-order valence-electron chi connectivity index (χ3n) is 8.13. The van der Waals surface area contributed by atoms with Gasteiger partial charge in [0.2, 0.25) is 5.91 Å². The zero-order valence-electron chi connectivity index (χ0n) is 24.8. The lowest BCUT2D eigenvalue weighted by Crippen LogP contribution is -2.30. The molecule has 0 saturated heterocycles. The molecule has 0 fully saturated rings. The van der Waals surface area contributed by atoms with Gasteiger partial charge in [0.1, 0.15) is 0 Å². The Balaban J connectivity index is 1.34. The highest BCUT2D eigenvalue weighted by Gasteiger charge is 2.22. The van der Waals surface area contributed by atoms with Crippen molar-refractivity contribution in [3.8, 4) is 11.1 Å². The van der Waals surface area contributed by atoms with Gasteiger partial charge in [-0.05, 0) is 83.2 Å². The van der Waals surface area contributed by atoms with Gasteiger partial charge in [-0.2, -0.15) is 0 Å². The lowest BCUT2D eigenvalue weighted by atomic mass is 9.88. The van der Waals surface area contributed by atoms with Crippen molar-refractivity contribution in [2.75, 3.05) is 6.54 Å². The topological polar surface area (TPSA) is 95.5 Å². The summed E-state index contributed by atoms with van der Waals surface area (Å²) in [6.07, 6.45) is 7.30. The Labute approximate surface area is 258 Å². The van der Waals surface area contributed by atoms with E-state index in [4.69, 9.17) is 5.11 Å². The number of carboxylic acid groups (broad SMARTS) is 1. The molecule has 3 N–H and O–H groups in total. The maximum absolute atomic E-state index is 13.9. The van der Waals surface area contributed by atoms with Crippen LogP contribution in [0, 0.1) is 0 Å². The van der Waals surface area contributed by atoms with Crippen LogP contribution in [-0.2, 0) is 22.6 Å². The Morgan fingerprint density at radius 3 is 2.18 bits per heavy atom. The number of hydrogen-bond acceptors (Lipinski definition) is 3. The Hall–Kier alpha value is -4.97. The molecule has 224 valence electrons. The summed E-state index contributed by atoms with van der Waals surface area (Å²) in [7, 11) is 0. The average molecular weight is 587 g/mol. The van der Waals surface area contributed by atoms with Crippen molar-refractivity contribution < 1.29 is 19.5 Å². The van der Waals surface area contributed by atoms with Gasteiger partial charge in [-0.3, -0.25) is 14.4 Å². The highest BCUT2D eigenvalue weighted by atomic mass is 16.4. The van der Waals surface area contributed by atoms with Crippen LogP contribution in [0.25, 0.3) is 16.7 Å². The first-order valence-electron chi connectivity index (χ1n) is 15.3. The van der Waals surface area contributed by atoms with E-state index in [1.54, 1.807) is 12.1 Å². The quantitative estimate of drug-likeness (QED) is 0.164. The van der Waals surface area contributed by atoms with Crippen LogP contribution < -0.4 is 10.6 Å². The molecule has 5 rings (SSSR count).